The Morgan fingerprint density at radius 1 is 0.923 bits per heavy atom. The number of nitrogens with zero attached hydrogens (tertiary/aromatic N) is 4. The number of rotatable bonds is 5. The number of nitrogens with one attached hydrogen (secondary N) is 2. The Hall–Kier alpha value is -3.20. The summed E-state index contributed by atoms with van der Waals surface area (Å²) in [5.74, 6) is 1.64. The lowest BCUT2D eigenvalue weighted by Crippen LogP contribution is -2.04. The second-order valence-corrected chi connectivity index (χ2v) is 6.21. The fraction of sp³-hybridized carbons (Fsp3) is 0.0588. The number of methoxy groups -OCH3 is 1. The van der Waals surface area contributed by atoms with Crippen LogP contribution in [0, 0.1) is 0 Å². The van der Waals surface area contributed by atoms with Crippen LogP contribution in [0.3, 0.4) is 0 Å². The summed E-state index contributed by atoms with van der Waals surface area (Å²) in [4.78, 5) is 8.91. The van der Waals surface area contributed by atoms with E-state index in [4.69, 9.17) is 9.37 Å². The van der Waals surface area contributed by atoms with Crippen LogP contribution in [-0.2, 0) is 0 Å². The summed E-state index contributed by atoms with van der Waals surface area (Å²) in [6.07, 6.45) is 0. The summed E-state index contributed by atoms with van der Waals surface area (Å²) >= 11 is 3.45. The van der Waals surface area contributed by atoms with Crippen LogP contribution >= 0.6 is 15.9 Å². The van der Waals surface area contributed by atoms with Gasteiger partial charge in [0.1, 0.15) is 5.75 Å². The van der Waals surface area contributed by atoms with Crippen molar-refractivity contribution in [3.8, 4) is 5.75 Å². The molecule has 0 aliphatic rings. The Kier molecular flexibility index (Phi) is 4.36. The maximum atomic E-state index is 5.38. The van der Waals surface area contributed by atoms with Crippen LogP contribution in [-0.4, -0.2) is 27.4 Å². The van der Waals surface area contributed by atoms with Gasteiger partial charge in [0.25, 0.3) is 0 Å². The number of fused-ring (bicyclic) bond motifs is 1. The third-order valence-corrected chi connectivity index (χ3v) is 4.05. The number of ether oxygens (including phenoxy) is 1. The standard InChI is InChI=1S/C17H13BrN6O2/c1-25-13-8-3-2-7-12(13)20-15-14(19-11-6-4-5-10(18)9-11)21-16-17(22-15)24-26-23-16/h2-9H,1H3,(H,19,21,23)(H,20,22,24). The Morgan fingerprint density at radius 3 is 2.38 bits per heavy atom. The highest BCUT2D eigenvalue weighted by Gasteiger charge is 2.15. The van der Waals surface area contributed by atoms with Gasteiger partial charge in [-0.3, -0.25) is 0 Å². The van der Waals surface area contributed by atoms with E-state index in [1.54, 1.807) is 7.11 Å². The summed E-state index contributed by atoms with van der Waals surface area (Å²) in [5, 5.41) is 14.0. The molecule has 2 aromatic heterocycles. The first-order chi connectivity index (χ1) is 12.7. The first-order valence-electron chi connectivity index (χ1n) is 7.66. The van der Waals surface area contributed by atoms with Crippen molar-refractivity contribution in [1.82, 2.24) is 20.3 Å². The molecule has 4 aromatic rings. The van der Waals surface area contributed by atoms with Crippen molar-refractivity contribution in [1.29, 1.82) is 0 Å². The molecule has 2 N–H and O–H groups in total. The van der Waals surface area contributed by atoms with Gasteiger partial charge < -0.3 is 15.4 Å². The van der Waals surface area contributed by atoms with Crippen molar-refractivity contribution < 1.29 is 9.37 Å². The average molecular weight is 413 g/mol. The zero-order valence-corrected chi connectivity index (χ0v) is 15.2. The molecular formula is C17H13BrN6O2. The van der Waals surface area contributed by atoms with Gasteiger partial charge in [0.05, 0.1) is 12.8 Å². The van der Waals surface area contributed by atoms with Gasteiger partial charge in [-0.05, 0) is 40.6 Å². The predicted molar refractivity (Wildman–Crippen MR) is 101 cm³/mol. The minimum atomic E-state index is 0.308. The maximum Gasteiger partial charge on any atom is 0.245 e. The largest absolute Gasteiger partial charge is 0.495 e. The van der Waals surface area contributed by atoms with Gasteiger partial charge in [-0.15, -0.1) is 0 Å². The molecule has 0 spiro atoms. The molecule has 0 fully saturated rings. The zero-order chi connectivity index (χ0) is 17.9. The lowest BCUT2D eigenvalue weighted by Gasteiger charge is -2.14. The quantitative estimate of drug-likeness (QED) is 0.501. The molecule has 9 heteroatoms. The fourth-order valence-corrected chi connectivity index (χ4v) is 2.79. The molecule has 0 saturated heterocycles. The Balaban J connectivity index is 1.76. The molecule has 0 bridgehead atoms. The van der Waals surface area contributed by atoms with Gasteiger partial charge in [0.15, 0.2) is 11.6 Å². The smallest absolute Gasteiger partial charge is 0.245 e. The molecule has 26 heavy (non-hydrogen) atoms. The predicted octanol–water partition coefficient (Wildman–Crippen LogP) is 4.27. The molecule has 2 aromatic carbocycles. The highest BCUT2D eigenvalue weighted by molar-refractivity contribution is 9.10. The van der Waals surface area contributed by atoms with Gasteiger partial charge in [-0.25, -0.2) is 14.6 Å². The van der Waals surface area contributed by atoms with Crippen LogP contribution in [0.25, 0.3) is 11.3 Å². The minimum absolute atomic E-state index is 0.308. The van der Waals surface area contributed by atoms with Gasteiger partial charge >= 0.3 is 0 Å². The molecular weight excluding hydrogens is 400 g/mol. The fourth-order valence-electron chi connectivity index (χ4n) is 2.39. The second kappa shape index (κ2) is 6.96. The van der Waals surface area contributed by atoms with Crippen LogP contribution in [0.1, 0.15) is 0 Å². The first-order valence-corrected chi connectivity index (χ1v) is 8.45. The molecule has 0 atom stereocenters. The first kappa shape index (κ1) is 16.3. The van der Waals surface area contributed by atoms with E-state index in [-0.39, 0.29) is 0 Å². The molecule has 0 amide bonds. The van der Waals surface area contributed by atoms with Gasteiger partial charge in [0, 0.05) is 10.2 Å². The number of aromatic nitrogens is 4. The average Bonchev–Trinajstić information content (AvgIpc) is 3.09. The van der Waals surface area contributed by atoms with Crippen LogP contribution in [0.2, 0.25) is 0 Å². The van der Waals surface area contributed by atoms with E-state index in [1.165, 1.54) is 0 Å². The lowest BCUT2D eigenvalue weighted by molar-refractivity contribution is 0.314. The molecule has 0 unspecified atom stereocenters. The van der Waals surface area contributed by atoms with Gasteiger partial charge in [0.2, 0.25) is 11.3 Å². The molecule has 0 saturated carbocycles. The molecule has 0 aliphatic heterocycles. The van der Waals surface area contributed by atoms with Crippen molar-refractivity contribution in [2.24, 2.45) is 0 Å². The van der Waals surface area contributed by atoms with Crippen LogP contribution in [0.4, 0.5) is 23.0 Å². The van der Waals surface area contributed by atoms with E-state index >= 15 is 0 Å². The van der Waals surface area contributed by atoms with Crippen molar-refractivity contribution >= 4 is 50.2 Å². The second-order valence-electron chi connectivity index (χ2n) is 5.29. The van der Waals surface area contributed by atoms with E-state index in [0.29, 0.717) is 28.7 Å². The van der Waals surface area contributed by atoms with Crippen LogP contribution in [0.15, 0.2) is 57.6 Å². The van der Waals surface area contributed by atoms with Crippen molar-refractivity contribution in [3.05, 3.63) is 53.0 Å². The number of hydrogen-bond donors (Lipinski definition) is 2. The monoisotopic (exact) mass is 412 g/mol. The Labute approximate surface area is 156 Å². The molecule has 8 nitrogen and oxygen atoms in total. The Bertz CT molecular complexity index is 1070. The molecule has 130 valence electrons. The third-order valence-electron chi connectivity index (χ3n) is 3.56. The topological polar surface area (TPSA) is 98.0 Å². The van der Waals surface area contributed by atoms with E-state index in [0.717, 1.165) is 15.8 Å². The van der Waals surface area contributed by atoms with Crippen molar-refractivity contribution in [2.75, 3.05) is 17.7 Å². The van der Waals surface area contributed by atoms with Crippen molar-refractivity contribution in [2.45, 2.75) is 0 Å². The minimum Gasteiger partial charge on any atom is -0.495 e. The lowest BCUT2D eigenvalue weighted by atomic mass is 10.3. The highest BCUT2D eigenvalue weighted by atomic mass is 79.9. The molecule has 0 radical (unpaired) electrons. The number of halogens is 1. The van der Waals surface area contributed by atoms with E-state index < -0.39 is 0 Å². The van der Waals surface area contributed by atoms with Crippen LogP contribution in [0.5, 0.6) is 5.75 Å². The third kappa shape index (κ3) is 3.29. The number of benzene rings is 2. The summed E-state index contributed by atoms with van der Waals surface area (Å²) in [5.41, 5.74) is 2.21. The summed E-state index contributed by atoms with van der Waals surface area (Å²) in [6.45, 7) is 0. The molecule has 4 rings (SSSR count). The molecule has 2 heterocycles. The number of anilines is 4. The SMILES string of the molecule is COc1ccccc1Nc1nc2nonc2nc1Nc1cccc(Br)c1. The van der Waals surface area contributed by atoms with Gasteiger partial charge in [-0.1, -0.05) is 34.1 Å². The zero-order valence-electron chi connectivity index (χ0n) is 13.6. The number of hydrogen-bond acceptors (Lipinski definition) is 8. The van der Waals surface area contributed by atoms with Crippen LogP contribution < -0.4 is 15.4 Å². The van der Waals surface area contributed by atoms with E-state index in [1.807, 2.05) is 48.5 Å². The van der Waals surface area contributed by atoms with Gasteiger partial charge in [-0.2, -0.15) is 0 Å². The number of para-hydroxylation sites is 2. The molecule has 0 aliphatic carbocycles. The highest BCUT2D eigenvalue weighted by Crippen LogP contribution is 2.31. The summed E-state index contributed by atoms with van der Waals surface area (Å²) in [7, 11) is 1.61. The summed E-state index contributed by atoms with van der Waals surface area (Å²) in [6, 6.07) is 15.2. The Morgan fingerprint density at radius 2 is 1.65 bits per heavy atom. The van der Waals surface area contributed by atoms with E-state index in [2.05, 4.69) is 46.8 Å². The normalized spacial score (nSPS) is 10.7. The van der Waals surface area contributed by atoms with E-state index in [9.17, 15) is 0 Å². The summed E-state index contributed by atoms with van der Waals surface area (Å²) < 4.78 is 11.1. The maximum absolute atomic E-state index is 5.38. The van der Waals surface area contributed by atoms with Crippen molar-refractivity contribution in [3.63, 3.8) is 0 Å².